The zero-order valence-corrected chi connectivity index (χ0v) is 13.1. The SMILES string of the molecule is CC(C)(C)N(C(=O)O)C1(C#C[Si](C)(C)C)COC1. The number of nitrogens with zero attached hydrogens (tertiary/aromatic N) is 1. The van der Waals surface area contributed by atoms with Crippen molar-refractivity contribution in [3.8, 4) is 11.5 Å². The first kappa shape index (κ1) is 15.1. The standard InChI is InChI=1S/C13H23NO3Si/c1-12(2,3)14(11(15)16)13(9-17-10-13)7-8-18(4,5)6/h9-10H2,1-6H3,(H,15,16). The lowest BCUT2D eigenvalue weighted by molar-refractivity contribution is -0.120. The highest BCUT2D eigenvalue weighted by molar-refractivity contribution is 6.83. The highest BCUT2D eigenvalue weighted by atomic mass is 28.3. The van der Waals surface area contributed by atoms with Gasteiger partial charge >= 0.3 is 6.09 Å². The molecule has 102 valence electrons. The minimum Gasteiger partial charge on any atom is -0.465 e. The molecule has 1 fully saturated rings. The van der Waals surface area contributed by atoms with Crippen LogP contribution < -0.4 is 0 Å². The summed E-state index contributed by atoms with van der Waals surface area (Å²) in [5.41, 5.74) is 2.13. The van der Waals surface area contributed by atoms with Crippen molar-refractivity contribution in [2.24, 2.45) is 0 Å². The molecule has 0 aromatic rings. The van der Waals surface area contributed by atoms with Crippen molar-refractivity contribution in [2.45, 2.75) is 51.5 Å². The van der Waals surface area contributed by atoms with Gasteiger partial charge in [0, 0.05) is 5.54 Å². The van der Waals surface area contributed by atoms with Gasteiger partial charge in [-0.05, 0) is 20.8 Å². The second-order valence-electron chi connectivity index (χ2n) is 6.81. The van der Waals surface area contributed by atoms with E-state index in [-0.39, 0.29) is 0 Å². The number of hydrogen-bond acceptors (Lipinski definition) is 2. The maximum atomic E-state index is 11.5. The molecule has 5 heteroatoms. The summed E-state index contributed by atoms with van der Waals surface area (Å²) in [7, 11) is -1.53. The molecular formula is C13H23NO3Si. The Labute approximate surface area is 110 Å². The number of carboxylic acid groups (broad SMARTS) is 1. The molecule has 18 heavy (non-hydrogen) atoms. The van der Waals surface area contributed by atoms with Crippen LogP contribution >= 0.6 is 0 Å². The Morgan fingerprint density at radius 2 is 1.83 bits per heavy atom. The van der Waals surface area contributed by atoms with Crippen LogP contribution in [-0.2, 0) is 4.74 Å². The first-order valence-corrected chi connectivity index (χ1v) is 9.63. The fraction of sp³-hybridized carbons (Fsp3) is 0.769. The molecule has 1 saturated heterocycles. The Hall–Kier alpha value is -0.993. The van der Waals surface area contributed by atoms with E-state index < -0.39 is 25.2 Å². The molecule has 0 radical (unpaired) electrons. The smallest absolute Gasteiger partial charge is 0.409 e. The molecule has 1 aliphatic heterocycles. The normalized spacial score (nSPS) is 18.3. The average molecular weight is 269 g/mol. The van der Waals surface area contributed by atoms with E-state index in [0.29, 0.717) is 13.2 Å². The number of amides is 1. The Kier molecular flexibility index (Phi) is 3.85. The molecular weight excluding hydrogens is 246 g/mol. The van der Waals surface area contributed by atoms with Gasteiger partial charge in [0.15, 0.2) is 5.54 Å². The zero-order valence-electron chi connectivity index (χ0n) is 12.1. The van der Waals surface area contributed by atoms with Crippen molar-refractivity contribution < 1.29 is 14.6 Å². The Balaban J connectivity index is 3.13. The Bertz CT molecular complexity index is 391. The van der Waals surface area contributed by atoms with Gasteiger partial charge in [-0.2, -0.15) is 0 Å². The molecule has 0 aliphatic carbocycles. The number of hydrogen-bond donors (Lipinski definition) is 1. The topological polar surface area (TPSA) is 49.8 Å². The number of carbonyl (C=O) groups is 1. The van der Waals surface area contributed by atoms with E-state index in [2.05, 4.69) is 31.1 Å². The second-order valence-corrected chi connectivity index (χ2v) is 11.6. The van der Waals surface area contributed by atoms with Crippen molar-refractivity contribution in [3.05, 3.63) is 0 Å². The van der Waals surface area contributed by atoms with Crippen LogP contribution in [0, 0.1) is 11.5 Å². The van der Waals surface area contributed by atoms with E-state index in [9.17, 15) is 9.90 Å². The van der Waals surface area contributed by atoms with Crippen LogP contribution in [0.3, 0.4) is 0 Å². The van der Waals surface area contributed by atoms with E-state index in [0.717, 1.165) is 0 Å². The Morgan fingerprint density at radius 1 is 1.33 bits per heavy atom. The maximum absolute atomic E-state index is 11.5. The molecule has 1 amide bonds. The van der Waals surface area contributed by atoms with Crippen molar-refractivity contribution in [1.82, 2.24) is 4.90 Å². The molecule has 1 aliphatic rings. The highest BCUT2D eigenvalue weighted by Gasteiger charge is 2.50. The molecule has 1 N–H and O–H groups in total. The summed E-state index contributed by atoms with van der Waals surface area (Å²) in [5.74, 6) is 3.19. The summed E-state index contributed by atoms with van der Waals surface area (Å²) in [4.78, 5) is 13.0. The van der Waals surface area contributed by atoms with Gasteiger partial charge in [0.1, 0.15) is 8.07 Å². The number of rotatable bonds is 1. The molecule has 0 unspecified atom stereocenters. The molecule has 0 atom stereocenters. The van der Waals surface area contributed by atoms with Gasteiger partial charge < -0.3 is 9.84 Å². The van der Waals surface area contributed by atoms with E-state index in [1.54, 1.807) is 0 Å². The third kappa shape index (κ3) is 3.27. The summed E-state index contributed by atoms with van der Waals surface area (Å²) in [6.45, 7) is 12.8. The monoisotopic (exact) mass is 269 g/mol. The lowest BCUT2D eigenvalue weighted by Crippen LogP contribution is -2.68. The van der Waals surface area contributed by atoms with Gasteiger partial charge in [0.2, 0.25) is 0 Å². The van der Waals surface area contributed by atoms with Crippen LogP contribution in [0.15, 0.2) is 0 Å². The molecule has 0 aromatic carbocycles. The molecule has 1 rings (SSSR count). The number of ether oxygens (including phenoxy) is 1. The van der Waals surface area contributed by atoms with Crippen LogP contribution in [0.5, 0.6) is 0 Å². The predicted octanol–water partition coefficient (Wildman–Crippen LogP) is 2.41. The Morgan fingerprint density at radius 3 is 2.06 bits per heavy atom. The molecule has 1 heterocycles. The summed E-state index contributed by atoms with van der Waals surface area (Å²) in [6, 6.07) is 0. The fourth-order valence-corrected chi connectivity index (χ4v) is 2.58. The molecule has 0 spiro atoms. The maximum Gasteiger partial charge on any atom is 0.409 e. The molecule has 0 bridgehead atoms. The van der Waals surface area contributed by atoms with Crippen molar-refractivity contribution >= 4 is 14.2 Å². The van der Waals surface area contributed by atoms with Gasteiger partial charge in [-0.3, -0.25) is 4.90 Å². The van der Waals surface area contributed by atoms with Gasteiger partial charge in [-0.1, -0.05) is 25.6 Å². The van der Waals surface area contributed by atoms with E-state index in [1.807, 2.05) is 20.8 Å². The third-order valence-electron chi connectivity index (χ3n) is 2.64. The zero-order chi connectivity index (χ0) is 14.2. The lowest BCUT2D eigenvalue weighted by Gasteiger charge is -2.50. The minimum atomic E-state index is -1.53. The van der Waals surface area contributed by atoms with Crippen LogP contribution in [-0.4, -0.2) is 48.5 Å². The summed E-state index contributed by atoms with van der Waals surface area (Å²) in [6.07, 6.45) is -0.935. The van der Waals surface area contributed by atoms with Crippen LogP contribution in [0.1, 0.15) is 20.8 Å². The molecule has 4 nitrogen and oxygen atoms in total. The average Bonchev–Trinajstić information content (AvgIpc) is 2.04. The summed E-state index contributed by atoms with van der Waals surface area (Å²) in [5, 5.41) is 9.45. The lowest BCUT2D eigenvalue weighted by atomic mass is 9.90. The van der Waals surface area contributed by atoms with Gasteiger partial charge in [0.05, 0.1) is 13.2 Å². The van der Waals surface area contributed by atoms with Crippen LogP contribution in [0.25, 0.3) is 0 Å². The quantitative estimate of drug-likeness (QED) is 0.587. The fourth-order valence-electron chi connectivity index (χ4n) is 1.97. The first-order chi connectivity index (χ1) is 7.98. The van der Waals surface area contributed by atoms with Crippen LogP contribution in [0.4, 0.5) is 4.79 Å². The van der Waals surface area contributed by atoms with Gasteiger partial charge in [0.25, 0.3) is 0 Å². The summed E-state index contributed by atoms with van der Waals surface area (Å²) >= 11 is 0. The highest BCUT2D eigenvalue weighted by Crippen LogP contribution is 2.31. The molecule has 0 saturated carbocycles. The van der Waals surface area contributed by atoms with E-state index in [1.165, 1.54) is 4.90 Å². The van der Waals surface area contributed by atoms with Crippen molar-refractivity contribution in [3.63, 3.8) is 0 Å². The molecule has 0 aromatic heterocycles. The van der Waals surface area contributed by atoms with Gasteiger partial charge in [-0.15, -0.1) is 5.54 Å². The van der Waals surface area contributed by atoms with Crippen molar-refractivity contribution in [2.75, 3.05) is 13.2 Å². The minimum absolute atomic E-state index is 0.369. The van der Waals surface area contributed by atoms with E-state index in [4.69, 9.17) is 4.74 Å². The third-order valence-corrected chi connectivity index (χ3v) is 3.52. The summed E-state index contributed by atoms with van der Waals surface area (Å²) < 4.78 is 5.24. The van der Waals surface area contributed by atoms with E-state index >= 15 is 0 Å². The predicted molar refractivity (Wildman–Crippen MR) is 74.3 cm³/mol. The van der Waals surface area contributed by atoms with Crippen LogP contribution in [0.2, 0.25) is 19.6 Å². The van der Waals surface area contributed by atoms with Gasteiger partial charge in [-0.25, -0.2) is 4.79 Å². The van der Waals surface area contributed by atoms with Crippen molar-refractivity contribution in [1.29, 1.82) is 0 Å². The first-order valence-electron chi connectivity index (χ1n) is 6.13. The largest absolute Gasteiger partial charge is 0.465 e. The second kappa shape index (κ2) is 4.60.